The Balaban J connectivity index is 0.000000154. The Morgan fingerprint density at radius 3 is 1.18 bits per heavy atom. The van der Waals surface area contributed by atoms with Crippen molar-refractivity contribution < 1.29 is 39.0 Å². The van der Waals surface area contributed by atoms with Crippen LogP contribution in [0.1, 0.15) is 30.2 Å². The van der Waals surface area contributed by atoms with Crippen molar-refractivity contribution >= 4 is 152 Å². The number of hydrogen-bond donors (Lipinski definition) is 0. The highest BCUT2D eigenvalue weighted by Gasteiger charge is 2.26. The maximum Gasteiger partial charge on any atom is 0.143 e. The monoisotopic (exact) mass is 1690 g/mol. The van der Waals surface area contributed by atoms with Gasteiger partial charge in [-0.2, -0.15) is 0 Å². The molecule has 0 fully saturated rings. The van der Waals surface area contributed by atoms with E-state index in [0.717, 1.165) is 191 Å². The summed E-state index contributed by atoms with van der Waals surface area (Å²) in [5.74, 6) is 0. The molecule has 0 spiro atoms. The van der Waals surface area contributed by atoms with Gasteiger partial charge >= 0.3 is 0 Å². The lowest BCUT2D eigenvalue weighted by Crippen LogP contribution is -1.93. The predicted octanol–water partition coefficient (Wildman–Crippen LogP) is 37.0. The van der Waals surface area contributed by atoms with Crippen LogP contribution in [0.2, 0.25) is 0 Å². The van der Waals surface area contributed by atoms with E-state index in [-0.39, 0.29) is 112 Å². The Morgan fingerprint density at radius 2 is 0.553 bits per heavy atom. The Kier molecular flexibility index (Phi) is 13.5. The van der Waals surface area contributed by atoms with Crippen LogP contribution in [0.4, 0.5) is 0 Å². The number of furan rings is 2. The molecule has 2 nitrogen and oxygen atoms in total. The van der Waals surface area contributed by atoms with Gasteiger partial charge in [0.05, 0.1) is 30.2 Å². The van der Waals surface area contributed by atoms with Crippen molar-refractivity contribution in [3.8, 4) is 122 Å². The summed E-state index contributed by atoms with van der Waals surface area (Å²) in [6, 6.07) is 111. The van der Waals surface area contributed by atoms with Crippen LogP contribution in [0.5, 0.6) is 0 Å². The molecule has 612 valence electrons. The Hall–Kier alpha value is -17.3. The van der Waals surface area contributed by atoms with E-state index in [1.807, 2.05) is 152 Å². The van der Waals surface area contributed by atoms with Gasteiger partial charge in [0.1, 0.15) is 22.3 Å². The first-order chi connectivity index (χ1) is 74.6. The van der Waals surface area contributed by atoms with Crippen molar-refractivity contribution in [1.29, 1.82) is 0 Å². The third kappa shape index (κ3) is 12.6. The third-order valence-electron chi connectivity index (χ3n) is 26.2. The lowest BCUT2D eigenvalue weighted by molar-refractivity contribution is 0.669. The second kappa shape index (κ2) is 31.3. The van der Waals surface area contributed by atoms with Crippen LogP contribution in [0.3, 0.4) is 0 Å². The lowest BCUT2D eigenvalue weighted by atomic mass is 9.83. The molecule has 0 bridgehead atoms. The number of fused-ring (bicyclic) bond motifs is 18. The van der Waals surface area contributed by atoms with Gasteiger partial charge in [-0.05, 0) is 268 Å². The smallest absolute Gasteiger partial charge is 0.143 e. The third-order valence-corrected chi connectivity index (χ3v) is 26.2. The van der Waals surface area contributed by atoms with Crippen LogP contribution in [0.25, 0.3) is 274 Å². The first kappa shape index (κ1) is 56.7. The molecule has 0 saturated carbocycles. The molecule has 2 heterocycles. The topological polar surface area (TPSA) is 26.3 Å². The Bertz CT molecular complexity index is 10700. The molecule has 0 aliphatic heterocycles. The van der Waals surface area contributed by atoms with E-state index < -0.39 is 54.4 Å². The van der Waals surface area contributed by atoms with E-state index in [9.17, 15) is 1.37 Å². The van der Waals surface area contributed by atoms with Crippen LogP contribution in [0.15, 0.2) is 494 Å². The van der Waals surface area contributed by atoms with Crippen molar-refractivity contribution in [3.63, 3.8) is 0 Å². The SMILES string of the molecule is [2H]c1c([2H])c([2H])c(-c2c3ccccc3c(-c3ccc(-c4cc5cc(-c6ccc7c(c6)oc6c(-c8c([2H])c([2H])c([2H])c([2H])c8[2H])cccc67)ccc5c5c(-c6ccccc6)cccc45)c4ccccc34)c3ccccc23)c([2H])c1[2H].[2H]c1c([2H])c([2H])c(-c2c3ccccc3c(-c3ccc(-c4cc5cc(-c6cccc7c6oc6cccc(-c8c([2H])c([2H])c9c([2H])c([2H])c([2H])c([2H])c9c8[2H])c67)ccc5c5ccccc45)cc3)c3ccccc23)c([2H])c1[2H]. The van der Waals surface area contributed by atoms with Crippen LogP contribution < -0.4 is 0 Å². The van der Waals surface area contributed by atoms with Gasteiger partial charge in [0.15, 0.2) is 0 Å². The Labute approximate surface area is 793 Å². The molecule has 0 aliphatic rings. The van der Waals surface area contributed by atoms with Gasteiger partial charge in [-0.15, -0.1) is 0 Å². The van der Waals surface area contributed by atoms with Crippen LogP contribution >= 0.6 is 0 Å². The number of para-hydroxylation sites is 2. The number of hydrogen-bond acceptors (Lipinski definition) is 2. The molecule has 0 saturated heterocycles. The molecule has 2 aromatic heterocycles. The van der Waals surface area contributed by atoms with Gasteiger partial charge in [-0.25, -0.2) is 0 Å². The second-order valence-electron chi connectivity index (χ2n) is 33.3. The van der Waals surface area contributed by atoms with Crippen molar-refractivity contribution in [1.82, 2.24) is 0 Å². The molecule has 0 aliphatic carbocycles. The van der Waals surface area contributed by atoms with E-state index in [2.05, 4.69) is 182 Å². The molecule has 27 rings (SSSR count). The molecular formula is C130H80O2. The molecule has 0 N–H and O–H groups in total. The Morgan fingerprint density at radius 1 is 0.152 bits per heavy atom. The van der Waals surface area contributed by atoms with Gasteiger partial charge in [0.25, 0.3) is 0 Å². The molecule has 25 aromatic carbocycles. The highest BCUT2D eigenvalue weighted by Crippen LogP contribution is 2.52. The average molecular weight is 1700 g/mol. The fraction of sp³-hybridized carbons (Fsp3) is 0. The fourth-order valence-corrected chi connectivity index (χ4v) is 20.5. The van der Waals surface area contributed by atoms with E-state index in [1.54, 1.807) is 18.2 Å². The number of benzene rings is 25. The standard InChI is InChI=1S/C68H42O.C62H38O/c1-4-18-43(19-5-1)49-30-16-32-60-63(41-48-40-46(34-36-50(48)66(49)60)47-35-37-55-62-33-17-31-51(44-20-6-2-7-21-44)68(62)69-64(55)42-47)54-38-39-61(53-25-11-10-24-52(53)54)67-58-28-14-12-26-56(58)65(45-22-8-3-9-23-45)57-27-13-15-29-59(57)67;1-2-15-41(16-3-1)59-52-20-8-10-22-54(52)60(55-23-11-9-21-53(55)59)42-31-29-40(30-32-42)57-38-46-37-45(34-35-47(46)50-18-6-7-19-51(50)57)49-25-12-26-56-61-48(24-13-27-58(61)63-62(49)56)44-33-28-39-14-4-5-17-43(39)36-44/h1-42H;1-38H/i2D,3D,6D,7D,8D,9D,20D,21D,22D,23D;1D,2D,3D,4D,5D,14D,15D,16D,17D,28D,33D,36D. The van der Waals surface area contributed by atoms with Crippen molar-refractivity contribution in [2.45, 2.75) is 0 Å². The van der Waals surface area contributed by atoms with Crippen LogP contribution in [-0.2, 0) is 0 Å². The minimum Gasteiger partial charge on any atom is -0.455 e. The molecular weight excluding hydrogens is 1590 g/mol. The number of rotatable bonds is 11. The van der Waals surface area contributed by atoms with Gasteiger partial charge in [0, 0.05) is 32.7 Å². The van der Waals surface area contributed by atoms with Gasteiger partial charge < -0.3 is 8.83 Å². The van der Waals surface area contributed by atoms with Crippen molar-refractivity contribution in [2.75, 3.05) is 0 Å². The summed E-state index contributed by atoms with van der Waals surface area (Å²) >= 11 is 0. The predicted molar refractivity (Wildman–Crippen MR) is 562 cm³/mol. The quantitative estimate of drug-likeness (QED) is 0.0953. The molecule has 0 unspecified atom stereocenters. The van der Waals surface area contributed by atoms with Crippen molar-refractivity contribution in [2.24, 2.45) is 0 Å². The summed E-state index contributed by atoms with van der Waals surface area (Å²) in [5, 5.41) is 20.0. The maximum atomic E-state index is 9.31. The largest absolute Gasteiger partial charge is 0.455 e. The highest BCUT2D eigenvalue weighted by atomic mass is 16.3. The first-order valence-corrected chi connectivity index (χ1v) is 43.8. The summed E-state index contributed by atoms with van der Waals surface area (Å²) in [6.07, 6.45) is 0. The second-order valence-corrected chi connectivity index (χ2v) is 33.3. The zero-order chi connectivity index (χ0) is 106. The van der Waals surface area contributed by atoms with Crippen LogP contribution in [-0.4, -0.2) is 0 Å². The zero-order valence-electron chi connectivity index (χ0n) is 92.3. The van der Waals surface area contributed by atoms with Crippen molar-refractivity contribution in [3.05, 3.63) is 485 Å². The molecule has 0 atom stereocenters. The van der Waals surface area contributed by atoms with E-state index in [0.29, 0.717) is 50.0 Å². The summed E-state index contributed by atoms with van der Waals surface area (Å²) in [5.41, 5.74) is 18.6. The minimum absolute atomic E-state index is 0.0844. The van der Waals surface area contributed by atoms with E-state index in [4.69, 9.17) is 37.6 Å². The normalized spacial score (nSPS) is 14.1. The molecule has 27 aromatic rings. The summed E-state index contributed by atoms with van der Waals surface area (Å²) in [4.78, 5) is 0. The summed E-state index contributed by atoms with van der Waals surface area (Å²) < 4.78 is 204. The average Bonchev–Trinajstić information content (AvgIpc) is 0.839. The summed E-state index contributed by atoms with van der Waals surface area (Å²) in [7, 11) is 0. The maximum absolute atomic E-state index is 9.31. The minimum atomic E-state index is -0.515. The highest BCUT2D eigenvalue weighted by molar-refractivity contribution is 6.28. The van der Waals surface area contributed by atoms with E-state index >= 15 is 0 Å². The molecule has 2 heteroatoms. The molecule has 0 amide bonds. The zero-order valence-corrected chi connectivity index (χ0v) is 70.3. The molecule has 132 heavy (non-hydrogen) atoms. The van der Waals surface area contributed by atoms with Gasteiger partial charge in [-0.1, -0.05) is 436 Å². The lowest BCUT2D eigenvalue weighted by Gasteiger charge is -2.20. The summed E-state index contributed by atoms with van der Waals surface area (Å²) in [6.45, 7) is 0. The van der Waals surface area contributed by atoms with Gasteiger partial charge in [-0.3, -0.25) is 0 Å². The van der Waals surface area contributed by atoms with Gasteiger partial charge in [0.2, 0.25) is 0 Å². The fourth-order valence-electron chi connectivity index (χ4n) is 20.5. The molecule has 0 radical (unpaired) electrons. The van der Waals surface area contributed by atoms with E-state index in [1.165, 1.54) is 0 Å². The van der Waals surface area contributed by atoms with Crippen LogP contribution in [0, 0.1) is 0 Å². The first-order valence-electron chi connectivity index (χ1n) is 54.8.